The highest BCUT2D eigenvalue weighted by atomic mass is 32.2. The van der Waals surface area contributed by atoms with Crippen LogP contribution in [0.5, 0.6) is 5.75 Å². The van der Waals surface area contributed by atoms with Crippen molar-refractivity contribution in [2.75, 3.05) is 20.0 Å². The standard InChI is InChI=1S/C19H21NO4S/c1-13-9-16-14(11-18(21)24-3)12-25(22,15-7-5-4-6-8-15)20-19(16)17(10-13)23-2/h4-10,14H,11-12H2,1-3H3/t14-,25?/m0/s1. The fourth-order valence-electron chi connectivity index (χ4n) is 3.12. The molecule has 0 bridgehead atoms. The van der Waals surface area contributed by atoms with Crippen LogP contribution < -0.4 is 4.74 Å². The minimum Gasteiger partial charge on any atom is -0.494 e. The lowest BCUT2D eigenvalue weighted by Gasteiger charge is -2.27. The molecule has 25 heavy (non-hydrogen) atoms. The first kappa shape index (κ1) is 17.5. The molecule has 0 radical (unpaired) electrons. The van der Waals surface area contributed by atoms with Crippen LogP contribution in [0.3, 0.4) is 0 Å². The Morgan fingerprint density at radius 1 is 1.24 bits per heavy atom. The Morgan fingerprint density at radius 3 is 2.60 bits per heavy atom. The summed E-state index contributed by atoms with van der Waals surface area (Å²) in [6, 6.07) is 13.0. The first-order valence-electron chi connectivity index (χ1n) is 8.02. The maximum absolute atomic E-state index is 13.6. The van der Waals surface area contributed by atoms with Crippen LogP contribution in [-0.4, -0.2) is 30.2 Å². The summed E-state index contributed by atoms with van der Waals surface area (Å²) in [5, 5.41) is 0. The number of fused-ring (bicyclic) bond motifs is 1. The van der Waals surface area contributed by atoms with E-state index >= 15 is 0 Å². The molecule has 0 aliphatic carbocycles. The molecule has 2 aromatic carbocycles. The molecule has 2 atom stereocenters. The normalized spacial score (nSPS) is 21.8. The molecule has 0 spiro atoms. The van der Waals surface area contributed by atoms with Crippen LogP contribution >= 0.6 is 0 Å². The van der Waals surface area contributed by atoms with Crippen LogP contribution in [0.1, 0.15) is 23.5 Å². The van der Waals surface area contributed by atoms with E-state index in [2.05, 4.69) is 4.36 Å². The van der Waals surface area contributed by atoms with Crippen molar-refractivity contribution in [1.82, 2.24) is 0 Å². The van der Waals surface area contributed by atoms with Crippen molar-refractivity contribution in [3.05, 3.63) is 53.6 Å². The Balaban J connectivity index is 2.22. The van der Waals surface area contributed by atoms with E-state index in [1.807, 2.05) is 49.4 Å². The van der Waals surface area contributed by atoms with E-state index in [0.29, 0.717) is 16.3 Å². The summed E-state index contributed by atoms with van der Waals surface area (Å²) in [4.78, 5) is 12.6. The minimum atomic E-state index is -2.69. The van der Waals surface area contributed by atoms with Gasteiger partial charge in [0.05, 0.1) is 30.4 Å². The number of methoxy groups -OCH3 is 2. The predicted octanol–water partition coefficient (Wildman–Crippen LogP) is 3.82. The summed E-state index contributed by atoms with van der Waals surface area (Å²) in [6.45, 7) is 1.96. The van der Waals surface area contributed by atoms with Gasteiger partial charge in [-0.25, -0.2) is 4.21 Å². The zero-order valence-corrected chi connectivity index (χ0v) is 15.3. The van der Waals surface area contributed by atoms with E-state index in [4.69, 9.17) is 9.47 Å². The Labute approximate surface area is 148 Å². The molecule has 3 rings (SSSR count). The number of carbonyl (C=O) groups is 1. The number of carbonyl (C=O) groups excluding carboxylic acids is 1. The van der Waals surface area contributed by atoms with Gasteiger partial charge in [0, 0.05) is 16.6 Å². The highest BCUT2D eigenvalue weighted by Gasteiger charge is 2.32. The topological polar surface area (TPSA) is 65.0 Å². The largest absolute Gasteiger partial charge is 0.494 e. The van der Waals surface area contributed by atoms with Crippen LogP contribution in [-0.2, 0) is 19.3 Å². The Kier molecular flexibility index (Phi) is 4.81. The van der Waals surface area contributed by atoms with Crippen molar-refractivity contribution in [2.24, 2.45) is 4.36 Å². The number of aryl methyl sites for hydroxylation is 1. The number of rotatable bonds is 4. The molecule has 0 aromatic heterocycles. The van der Waals surface area contributed by atoms with Gasteiger partial charge in [-0.2, -0.15) is 4.36 Å². The smallest absolute Gasteiger partial charge is 0.306 e. The zero-order valence-electron chi connectivity index (χ0n) is 14.5. The van der Waals surface area contributed by atoms with Crippen LogP contribution in [0.15, 0.2) is 51.7 Å². The van der Waals surface area contributed by atoms with Gasteiger partial charge in [-0.3, -0.25) is 4.79 Å². The van der Waals surface area contributed by atoms with Gasteiger partial charge >= 0.3 is 5.97 Å². The molecule has 0 amide bonds. The number of nitrogens with zero attached hydrogens (tertiary/aromatic N) is 1. The molecule has 0 saturated heterocycles. The number of benzene rings is 2. The van der Waals surface area contributed by atoms with Gasteiger partial charge < -0.3 is 9.47 Å². The van der Waals surface area contributed by atoms with Gasteiger partial charge in [0.1, 0.15) is 11.4 Å². The summed E-state index contributed by atoms with van der Waals surface area (Å²) in [6.07, 6.45) is 0.162. The minimum absolute atomic E-state index is 0.162. The molecule has 1 unspecified atom stereocenters. The molecule has 1 heterocycles. The predicted molar refractivity (Wildman–Crippen MR) is 96.9 cm³/mol. The van der Waals surface area contributed by atoms with Crippen molar-refractivity contribution in [3.63, 3.8) is 0 Å². The van der Waals surface area contributed by atoms with Crippen molar-refractivity contribution in [2.45, 2.75) is 24.2 Å². The fourth-order valence-corrected chi connectivity index (χ4v) is 5.41. The quantitative estimate of drug-likeness (QED) is 0.779. The van der Waals surface area contributed by atoms with Crippen molar-refractivity contribution < 1.29 is 18.5 Å². The highest BCUT2D eigenvalue weighted by Crippen LogP contribution is 2.45. The van der Waals surface area contributed by atoms with Crippen LogP contribution in [0.25, 0.3) is 0 Å². The third kappa shape index (κ3) is 3.39. The Morgan fingerprint density at radius 2 is 1.96 bits per heavy atom. The van der Waals surface area contributed by atoms with Crippen molar-refractivity contribution in [1.29, 1.82) is 0 Å². The van der Waals surface area contributed by atoms with Crippen molar-refractivity contribution in [3.8, 4) is 5.75 Å². The van der Waals surface area contributed by atoms with Crippen LogP contribution in [0, 0.1) is 6.92 Å². The molecule has 1 aliphatic rings. The second kappa shape index (κ2) is 6.88. The van der Waals surface area contributed by atoms with Crippen molar-refractivity contribution >= 4 is 21.4 Å². The first-order valence-corrected chi connectivity index (χ1v) is 9.70. The molecule has 0 saturated carbocycles. The number of esters is 1. The molecule has 2 aromatic rings. The number of hydrogen-bond acceptors (Lipinski definition) is 5. The average Bonchev–Trinajstić information content (AvgIpc) is 2.62. The molecule has 6 heteroatoms. The van der Waals surface area contributed by atoms with Gasteiger partial charge in [0.25, 0.3) is 0 Å². The van der Waals surface area contributed by atoms with E-state index in [1.165, 1.54) is 7.11 Å². The van der Waals surface area contributed by atoms with E-state index in [0.717, 1.165) is 11.1 Å². The maximum Gasteiger partial charge on any atom is 0.306 e. The fraction of sp³-hybridized carbons (Fsp3) is 0.316. The van der Waals surface area contributed by atoms with Gasteiger partial charge in [-0.15, -0.1) is 0 Å². The first-order chi connectivity index (χ1) is 12.0. The molecule has 132 valence electrons. The molecule has 1 aliphatic heterocycles. The second-order valence-electron chi connectivity index (χ2n) is 6.09. The average molecular weight is 359 g/mol. The lowest BCUT2D eigenvalue weighted by atomic mass is 9.94. The summed E-state index contributed by atoms with van der Waals surface area (Å²) >= 11 is 0. The van der Waals surface area contributed by atoms with Gasteiger partial charge in [0.2, 0.25) is 0 Å². The SMILES string of the molecule is COC(=O)C[C@H]1CS(=O)(c2ccccc2)=Nc2c(OC)cc(C)cc21. The van der Waals surface area contributed by atoms with E-state index < -0.39 is 9.73 Å². The highest BCUT2D eigenvalue weighted by molar-refractivity contribution is 7.93. The lowest BCUT2D eigenvalue weighted by Crippen LogP contribution is -2.22. The van der Waals surface area contributed by atoms with E-state index in [9.17, 15) is 9.00 Å². The molecule has 5 nitrogen and oxygen atoms in total. The summed E-state index contributed by atoms with van der Waals surface area (Å²) in [7, 11) is 0.238. The van der Waals surface area contributed by atoms with Gasteiger partial charge in [0.15, 0.2) is 0 Å². The number of hydrogen-bond donors (Lipinski definition) is 0. The molecular formula is C19H21NO4S. The van der Waals surface area contributed by atoms with Crippen LogP contribution in [0.4, 0.5) is 5.69 Å². The monoisotopic (exact) mass is 359 g/mol. The van der Waals surface area contributed by atoms with Gasteiger partial charge in [-0.1, -0.05) is 24.3 Å². The van der Waals surface area contributed by atoms with E-state index in [-0.39, 0.29) is 24.1 Å². The lowest BCUT2D eigenvalue weighted by molar-refractivity contribution is -0.140. The second-order valence-corrected chi connectivity index (χ2v) is 8.36. The summed E-state index contributed by atoms with van der Waals surface area (Å²) in [5.74, 6) is 0.300. The Hall–Kier alpha value is -2.34. The van der Waals surface area contributed by atoms with Crippen LogP contribution in [0.2, 0.25) is 0 Å². The Bertz CT molecular complexity index is 915. The maximum atomic E-state index is 13.6. The number of ether oxygens (including phenoxy) is 2. The molecule has 0 N–H and O–H groups in total. The van der Waals surface area contributed by atoms with Gasteiger partial charge in [-0.05, 0) is 36.2 Å². The zero-order chi connectivity index (χ0) is 18.0. The van der Waals surface area contributed by atoms with E-state index in [1.54, 1.807) is 7.11 Å². The molecular weight excluding hydrogens is 338 g/mol. The molecule has 0 fully saturated rings. The summed E-state index contributed by atoms with van der Waals surface area (Å²) in [5.41, 5.74) is 2.47. The third-order valence-electron chi connectivity index (χ3n) is 4.33. The summed E-state index contributed by atoms with van der Waals surface area (Å²) < 4.78 is 28.5. The third-order valence-corrected chi connectivity index (χ3v) is 6.67.